The van der Waals surface area contributed by atoms with Crippen LogP contribution in [0.1, 0.15) is 48.3 Å². The van der Waals surface area contributed by atoms with E-state index in [0.717, 1.165) is 48.6 Å². The summed E-state index contributed by atoms with van der Waals surface area (Å²) in [4.78, 5) is 26.5. The summed E-state index contributed by atoms with van der Waals surface area (Å²) in [5, 5.41) is 7.32. The first-order chi connectivity index (χ1) is 15.5. The maximum Gasteiger partial charge on any atom is 0.289 e. The standard InChI is InChI=1S/C23H34N6O3/c1-15-9-10-17-16(13-15)21(29-22(27-17)23(30)25-11-6-12-31-2)28-19-8-5-4-7-18(19)26-20(24)14-32-3/h9-10,13,18-19H,4-8,11-12,14H2,1-3H3,(H2,24,26)(H,25,30)(H,27,28,29)/t18-,19+/m1/s1. The molecule has 0 aliphatic heterocycles. The number of amides is 1. The van der Waals surface area contributed by atoms with E-state index in [-0.39, 0.29) is 23.8 Å². The van der Waals surface area contributed by atoms with Gasteiger partial charge in [0.2, 0.25) is 5.82 Å². The largest absolute Gasteiger partial charge is 0.386 e. The Labute approximate surface area is 189 Å². The van der Waals surface area contributed by atoms with Crippen molar-refractivity contribution in [2.45, 2.75) is 51.1 Å². The number of hydrogen-bond donors (Lipinski definition) is 3. The number of aryl methyl sites for hydroxylation is 1. The molecule has 1 saturated carbocycles. The summed E-state index contributed by atoms with van der Waals surface area (Å²) in [7, 11) is 3.25. The molecule has 1 aliphatic carbocycles. The molecule has 2 aromatic rings. The Balaban J connectivity index is 1.88. The molecular formula is C23H34N6O3. The van der Waals surface area contributed by atoms with Crippen molar-refractivity contribution in [3.05, 3.63) is 29.6 Å². The lowest BCUT2D eigenvalue weighted by Crippen LogP contribution is -2.38. The van der Waals surface area contributed by atoms with Gasteiger partial charge in [0.1, 0.15) is 18.3 Å². The van der Waals surface area contributed by atoms with Gasteiger partial charge in [0, 0.05) is 38.8 Å². The zero-order chi connectivity index (χ0) is 22.9. The average Bonchev–Trinajstić information content (AvgIpc) is 2.78. The van der Waals surface area contributed by atoms with Crippen molar-refractivity contribution in [1.29, 1.82) is 0 Å². The van der Waals surface area contributed by atoms with Crippen LogP contribution in [0.3, 0.4) is 0 Å². The SMILES string of the molecule is COCCCNC(=O)c1nc(N[C@H]2CCCC[C@H]2N=C(N)COC)c2cc(C)ccc2n1. The van der Waals surface area contributed by atoms with E-state index in [1.807, 2.05) is 25.1 Å². The summed E-state index contributed by atoms with van der Waals surface area (Å²) < 4.78 is 10.1. The highest BCUT2D eigenvalue weighted by Crippen LogP contribution is 2.28. The predicted molar refractivity (Wildman–Crippen MR) is 126 cm³/mol. The van der Waals surface area contributed by atoms with Gasteiger partial charge in [-0.3, -0.25) is 9.79 Å². The Morgan fingerprint density at radius 3 is 2.81 bits per heavy atom. The minimum Gasteiger partial charge on any atom is -0.386 e. The van der Waals surface area contributed by atoms with Crippen LogP contribution in [-0.4, -0.2) is 67.8 Å². The monoisotopic (exact) mass is 442 g/mol. The summed E-state index contributed by atoms with van der Waals surface area (Å²) >= 11 is 0. The van der Waals surface area contributed by atoms with E-state index in [0.29, 0.717) is 31.4 Å². The van der Waals surface area contributed by atoms with Crippen LogP contribution in [0, 0.1) is 6.92 Å². The second-order valence-corrected chi connectivity index (χ2v) is 8.17. The van der Waals surface area contributed by atoms with E-state index in [2.05, 4.69) is 25.6 Å². The predicted octanol–water partition coefficient (Wildman–Crippen LogP) is 2.43. The van der Waals surface area contributed by atoms with Gasteiger partial charge >= 0.3 is 0 Å². The fraction of sp³-hybridized carbons (Fsp3) is 0.565. The zero-order valence-corrected chi connectivity index (χ0v) is 19.2. The highest BCUT2D eigenvalue weighted by Gasteiger charge is 2.26. The number of carbonyl (C=O) groups excluding carboxylic acids is 1. The lowest BCUT2D eigenvalue weighted by atomic mass is 9.90. The Hall–Kier alpha value is -2.78. The molecule has 0 radical (unpaired) electrons. The minimum absolute atomic E-state index is 0.0278. The number of nitrogens with zero attached hydrogens (tertiary/aromatic N) is 3. The number of anilines is 1. The lowest BCUT2D eigenvalue weighted by molar-refractivity contribution is 0.0938. The van der Waals surface area contributed by atoms with Gasteiger partial charge in [-0.2, -0.15) is 0 Å². The van der Waals surface area contributed by atoms with Gasteiger partial charge in [0.05, 0.1) is 11.6 Å². The van der Waals surface area contributed by atoms with Crippen molar-refractivity contribution in [1.82, 2.24) is 15.3 Å². The maximum atomic E-state index is 12.7. The second kappa shape index (κ2) is 11.7. The fourth-order valence-corrected chi connectivity index (χ4v) is 3.96. The van der Waals surface area contributed by atoms with E-state index < -0.39 is 0 Å². The molecule has 1 aromatic carbocycles. The number of carbonyl (C=O) groups is 1. The molecule has 0 spiro atoms. The molecule has 9 nitrogen and oxygen atoms in total. The number of aliphatic imine (C=N–C) groups is 1. The van der Waals surface area contributed by atoms with Crippen LogP contribution in [0.15, 0.2) is 23.2 Å². The number of ether oxygens (including phenoxy) is 2. The van der Waals surface area contributed by atoms with E-state index in [4.69, 9.17) is 15.2 Å². The van der Waals surface area contributed by atoms with Crippen molar-refractivity contribution in [3.8, 4) is 0 Å². The number of hydrogen-bond acceptors (Lipinski definition) is 7. The minimum atomic E-state index is -0.297. The van der Waals surface area contributed by atoms with Crippen LogP contribution in [0.2, 0.25) is 0 Å². The Bertz CT molecular complexity index is 949. The van der Waals surface area contributed by atoms with Crippen LogP contribution in [0.5, 0.6) is 0 Å². The van der Waals surface area contributed by atoms with Crippen LogP contribution < -0.4 is 16.4 Å². The topological polar surface area (TPSA) is 124 Å². The molecule has 1 heterocycles. The first kappa shape index (κ1) is 23.9. The van der Waals surface area contributed by atoms with Crippen molar-refractivity contribution >= 4 is 28.5 Å². The summed E-state index contributed by atoms with van der Waals surface area (Å²) in [5.41, 5.74) is 7.85. The third kappa shape index (κ3) is 6.37. The van der Waals surface area contributed by atoms with Crippen LogP contribution in [0.25, 0.3) is 10.9 Å². The third-order valence-corrected chi connectivity index (χ3v) is 5.54. The summed E-state index contributed by atoms with van der Waals surface area (Å²) in [5.74, 6) is 0.995. The molecule has 0 bridgehead atoms. The number of aromatic nitrogens is 2. The van der Waals surface area contributed by atoms with Crippen molar-refractivity contribution in [3.63, 3.8) is 0 Å². The van der Waals surface area contributed by atoms with E-state index in [1.54, 1.807) is 14.2 Å². The highest BCUT2D eigenvalue weighted by molar-refractivity contribution is 5.96. The number of methoxy groups -OCH3 is 2. The Morgan fingerprint density at radius 1 is 1.22 bits per heavy atom. The van der Waals surface area contributed by atoms with Gasteiger partial charge in [0.25, 0.3) is 5.91 Å². The number of nitrogens with two attached hydrogens (primary N) is 1. The number of amidine groups is 1. The molecular weight excluding hydrogens is 408 g/mol. The molecule has 1 aromatic heterocycles. The molecule has 9 heteroatoms. The molecule has 4 N–H and O–H groups in total. The normalized spacial score (nSPS) is 19.2. The van der Waals surface area contributed by atoms with Gasteiger partial charge in [-0.15, -0.1) is 0 Å². The first-order valence-corrected chi connectivity index (χ1v) is 11.1. The Kier molecular flexibility index (Phi) is 8.75. The number of benzene rings is 1. The maximum absolute atomic E-state index is 12.7. The van der Waals surface area contributed by atoms with Crippen LogP contribution >= 0.6 is 0 Å². The number of rotatable bonds is 10. The highest BCUT2D eigenvalue weighted by atomic mass is 16.5. The van der Waals surface area contributed by atoms with Gasteiger partial charge in [-0.25, -0.2) is 9.97 Å². The average molecular weight is 443 g/mol. The molecule has 3 rings (SSSR count). The van der Waals surface area contributed by atoms with E-state index in [1.165, 1.54) is 0 Å². The quantitative estimate of drug-likeness (QED) is 0.293. The van der Waals surface area contributed by atoms with Crippen molar-refractivity contribution in [2.75, 3.05) is 39.3 Å². The summed E-state index contributed by atoms with van der Waals surface area (Å²) in [6.45, 7) is 3.43. The van der Waals surface area contributed by atoms with Gasteiger partial charge in [0.15, 0.2) is 0 Å². The van der Waals surface area contributed by atoms with Crippen molar-refractivity contribution < 1.29 is 14.3 Å². The molecule has 0 unspecified atom stereocenters. The molecule has 1 amide bonds. The Morgan fingerprint density at radius 2 is 2.03 bits per heavy atom. The van der Waals surface area contributed by atoms with Crippen LogP contribution in [0.4, 0.5) is 5.82 Å². The molecule has 0 saturated heterocycles. The molecule has 1 fully saturated rings. The van der Waals surface area contributed by atoms with E-state index in [9.17, 15) is 4.79 Å². The molecule has 1 aliphatic rings. The lowest BCUT2D eigenvalue weighted by Gasteiger charge is -2.30. The second-order valence-electron chi connectivity index (χ2n) is 8.17. The number of nitrogens with one attached hydrogen (secondary N) is 2. The molecule has 2 atom stereocenters. The van der Waals surface area contributed by atoms with Gasteiger partial charge < -0.3 is 25.8 Å². The molecule has 174 valence electrons. The van der Waals surface area contributed by atoms with Crippen LogP contribution in [-0.2, 0) is 9.47 Å². The first-order valence-electron chi connectivity index (χ1n) is 11.1. The summed E-state index contributed by atoms with van der Waals surface area (Å²) in [6.07, 6.45) is 4.82. The third-order valence-electron chi connectivity index (χ3n) is 5.54. The zero-order valence-electron chi connectivity index (χ0n) is 19.2. The summed E-state index contributed by atoms with van der Waals surface area (Å²) in [6, 6.07) is 6.04. The molecule has 32 heavy (non-hydrogen) atoms. The van der Waals surface area contributed by atoms with Gasteiger partial charge in [-0.05, 0) is 38.3 Å². The smallest absolute Gasteiger partial charge is 0.289 e. The fourth-order valence-electron chi connectivity index (χ4n) is 3.96. The van der Waals surface area contributed by atoms with Crippen molar-refractivity contribution in [2.24, 2.45) is 10.7 Å². The van der Waals surface area contributed by atoms with E-state index >= 15 is 0 Å². The van der Waals surface area contributed by atoms with Gasteiger partial charge in [-0.1, -0.05) is 24.5 Å². The number of fused-ring (bicyclic) bond motifs is 1.